The number of hydrogen-bond acceptors (Lipinski definition) is 3. The van der Waals surface area contributed by atoms with Crippen LogP contribution in [0.2, 0.25) is 0 Å². The molecule has 0 atom stereocenters. The molecule has 100 valence electrons. The molecule has 2 N–H and O–H groups in total. The van der Waals surface area contributed by atoms with Gasteiger partial charge >= 0.3 is 0 Å². The van der Waals surface area contributed by atoms with Crippen LogP contribution < -0.4 is 10.6 Å². The SMILES string of the molecule is NCCN(C(=O)c1ccco1)c1ccc(F)c(F)c1. The number of hydrogen-bond donors (Lipinski definition) is 1. The molecule has 0 saturated carbocycles. The number of amides is 1. The van der Waals surface area contributed by atoms with Crippen LogP contribution in [0.4, 0.5) is 14.5 Å². The van der Waals surface area contributed by atoms with E-state index < -0.39 is 17.5 Å². The Morgan fingerprint density at radius 1 is 1.26 bits per heavy atom. The number of nitrogens with two attached hydrogens (primary N) is 1. The van der Waals surface area contributed by atoms with Gasteiger partial charge < -0.3 is 15.1 Å². The van der Waals surface area contributed by atoms with E-state index in [0.717, 1.165) is 12.1 Å². The fraction of sp³-hybridized carbons (Fsp3) is 0.154. The Hall–Kier alpha value is -2.21. The Balaban J connectivity index is 2.34. The van der Waals surface area contributed by atoms with Gasteiger partial charge in [-0.15, -0.1) is 0 Å². The van der Waals surface area contributed by atoms with Crippen molar-refractivity contribution in [3.8, 4) is 0 Å². The number of rotatable bonds is 4. The summed E-state index contributed by atoms with van der Waals surface area (Å²) in [5, 5.41) is 0. The van der Waals surface area contributed by atoms with Crippen molar-refractivity contribution in [2.75, 3.05) is 18.0 Å². The van der Waals surface area contributed by atoms with Crippen molar-refractivity contribution < 1.29 is 18.0 Å². The predicted molar refractivity (Wildman–Crippen MR) is 65.8 cm³/mol. The van der Waals surface area contributed by atoms with E-state index >= 15 is 0 Å². The number of benzene rings is 1. The number of carbonyl (C=O) groups excluding carboxylic acids is 1. The van der Waals surface area contributed by atoms with Crippen molar-refractivity contribution in [3.05, 3.63) is 54.0 Å². The Bertz CT molecular complexity index is 570. The number of halogens is 2. The summed E-state index contributed by atoms with van der Waals surface area (Å²) in [6.45, 7) is 0.357. The van der Waals surface area contributed by atoms with Gasteiger partial charge in [0.25, 0.3) is 5.91 Å². The molecule has 1 aromatic heterocycles. The smallest absolute Gasteiger partial charge is 0.293 e. The van der Waals surface area contributed by atoms with Crippen molar-refractivity contribution in [1.29, 1.82) is 0 Å². The number of nitrogens with zero attached hydrogens (tertiary/aromatic N) is 1. The summed E-state index contributed by atoms with van der Waals surface area (Å²) in [4.78, 5) is 13.4. The highest BCUT2D eigenvalue weighted by molar-refractivity contribution is 6.04. The van der Waals surface area contributed by atoms with Crippen LogP contribution >= 0.6 is 0 Å². The molecule has 6 heteroatoms. The fourth-order valence-electron chi connectivity index (χ4n) is 1.66. The molecule has 0 spiro atoms. The van der Waals surface area contributed by atoms with Crippen molar-refractivity contribution in [2.24, 2.45) is 5.73 Å². The molecule has 0 saturated heterocycles. The highest BCUT2D eigenvalue weighted by atomic mass is 19.2. The standard InChI is InChI=1S/C13H12F2N2O2/c14-10-4-3-9(8-11(10)15)17(6-5-16)13(18)12-2-1-7-19-12/h1-4,7-8H,5-6,16H2. The van der Waals surface area contributed by atoms with Gasteiger partial charge in [-0.2, -0.15) is 0 Å². The molecule has 0 fully saturated rings. The summed E-state index contributed by atoms with van der Waals surface area (Å²) >= 11 is 0. The lowest BCUT2D eigenvalue weighted by Crippen LogP contribution is -2.35. The molecular formula is C13H12F2N2O2. The van der Waals surface area contributed by atoms with Gasteiger partial charge in [0, 0.05) is 24.8 Å². The van der Waals surface area contributed by atoms with Gasteiger partial charge in [0.15, 0.2) is 17.4 Å². The minimum Gasteiger partial charge on any atom is -0.459 e. The van der Waals surface area contributed by atoms with Gasteiger partial charge in [0.2, 0.25) is 0 Å². The van der Waals surface area contributed by atoms with Gasteiger partial charge in [-0.05, 0) is 24.3 Å². The number of carbonyl (C=O) groups is 1. The van der Waals surface area contributed by atoms with Crippen LogP contribution in [0, 0.1) is 11.6 Å². The summed E-state index contributed by atoms with van der Waals surface area (Å²) in [7, 11) is 0. The van der Waals surface area contributed by atoms with Gasteiger partial charge in [0.05, 0.1) is 6.26 Å². The zero-order valence-electron chi connectivity index (χ0n) is 9.98. The van der Waals surface area contributed by atoms with Crippen LogP contribution in [0.3, 0.4) is 0 Å². The van der Waals surface area contributed by atoms with Crippen molar-refractivity contribution in [1.82, 2.24) is 0 Å². The Morgan fingerprint density at radius 3 is 2.63 bits per heavy atom. The lowest BCUT2D eigenvalue weighted by molar-refractivity contribution is 0.0961. The molecule has 2 aromatic rings. The van der Waals surface area contributed by atoms with Crippen LogP contribution in [-0.2, 0) is 0 Å². The first-order valence-electron chi connectivity index (χ1n) is 5.64. The molecule has 2 rings (SSSR count). The molecule has 4 nitrogen and oxygen atoms in total. The number of anilines is 1. The molecule has 0 bridgehead atoms. The highest BCUT2D eigenvalue weighted by Crippen LogP contribution is 2.20. The second kappa shape index (κ2) is 5.62. The van der Waals surface area contributed by atoms with E-state index in [1.54, 1.807) is 6.07 Å². The van der Waals surface area contributed by atoms with Crippen LogP contribution in [0.25, 0.3) is 0 Å². The van der Waals surface area contributed by atoms with Crippen LogP contribution in [-0.4, -0.2) is 19.0 Å². The minimum atomic E-state index is -1.02. The second-order valence-corrected chi connectivity index (χ2v) is 3.82. The third kappa shape index (κ3) is 2.79. The maximum atomic E-state index is 13.2. The highest BCUT2D eigenvalue weighted by Gasteiger charge is 2.20. The molecule has 1 heterocycles. The van der Waals surface area contributed by atoms with Crippen molar-refractivity contribution >= 4 is 11.6 Å². The van der Waals surface area contributed by atoms with E-state index in [2.05, 4.69) is 0 Å². The van der Waals surface area contributed by atoms with Gasteiger partial charge in [-0.25, -0.2) is 8.78 Å². The van der Waals surface area contributed by atoms with E-state index in [-0.39, 0.29) is 24.5 Å². The topological polar surface area (TPSA) is 59.5 Å². The lowest BCUT2D eigenvalue weighted by Gasteiger charge is -2.21. The van der Waals surface area contributed by atoms with E-state index in [4.69, 9.17) is 10.2 Å². The Morgan fingerprint density at radius 2 is 2.05 bits per heavy atom. The van der Waals surface area contributed by atoms with Gasteiger partial charge in [-0.3, -0.25) is 4.79 Å². The monoisotopic (exact) mass is 266 g/mol. The zero-order valence-corrected chi connectivity index (χ0v) is 9.98. The molecule has 19 heavy (non-hydrogen) atoms. The third-order valence-electron chi connectivity index (χ3n) is 2.54. The van der Waals surface area contributed by atoms with E-state index in [1.165, 1.54) is 23.3 Å². The maximum Gasteiger partial charge on any atom is 0.293 e. The second-order valence-electron chi connectivity index (χ2n) is 3.82. The first kappa shape index (κ1) is 13.2. The predicted octanol–water partition coefficient (Wildman–Crippen LogP) is 2.16. The fourth-order valence-corrected chi connectivity index (χ4v) is 1.66. The van der Waals surface area contributed by atoms with Crippen molar-refractivity contribution in [2.45, 2.75) is 0 Å². The zero-order chi connectivity index (χ0) is 13.8. The summed E-state index contributed by atoms with van der Waals surface area (Å²) in [5.41, 5.74) is 5.66. The molecule has 1 amide bonds. The first-order valence-corrected chi connectivity index (χ1v) is 5.64. The Labute approximate surface area is 108 Å². The van der Waals surface area contributed by atoms with Crippen LogP contribution in [0.15, 0.2) is 41.0 Å². The molecule has 0 aliphatic rings. The minimum absolute atomic E-state index is 0.109. The van der Waals surface area contributed by atoms with Crippen LogP contribution in [0.1, 0.15) is 10.6 Å². The van der Waals surface area contributed by atoms with Gasteiger partial charge in [0.1, 0.15) is 0 Å². The van der Waals surface area contributed by atoms with E-state index in [1.807, 2.05) is 0 Å². The largest absolute Gasteiger partial charge is 0.459 e. The quantitative estimate of drug-likeness (QED) is 0.922. The van der Waals surface area contributed by atoms with Gasteiger partial charge in [-0.1, -0.05) is 0 Å². The molecule has 1 aromatic carbocycles. The Kier molecular flexibility index (Phi) is 3.91. The summed E-state index contributed by atoms with van der Waals surface area (Å²) in [5.74, 6) is -2.34. The average Bonchev–Trinajstić information content (AvgIpc) is 2.92. The average molecular weight is 266 g/mol. The maximum absolute atomic E-state index is 13.2. The normalized spacial score (nSPS) is 10.5. The van der Waals surface area contributed by atoms with E-state index in [9.17, 15) is 13.6 Å². The summed E-state index contributed by atoms with van der Waals surface area (Å²) in [6, 6.07) is 6.29. The molecule has 0 radical (unpaired) electrons. The summed E-state index contributed by atoms with van der Waals surface area (Å²) in [6.07, 6.45) is 1.36. The van der Waals surface area contributed by atoms with Crippen LogP contribution in [0.5, 0.6) is 0 Å². The lowest BCUT2D eigenvalue weighted by atomic mass is 10.2. The third-order valence-corrected chi connectivity index (χ3v) is 2.54. The van der Waals surface area contributed by atoms with Crippen molar-refractivity contribution in [3.63, 3.8) is 0 Å². The molecular weight excluding hydrogens is 254 g/mol. The summed E-state index contributed by atoms with van der Waals surface area (Å²) < 4.78 is 31.1. The molecule has 0 aliphatic heterocycles. The molecule has 0 aliphatic carbocycles. The van der Waals surface area contributed by atoms with E-state index in [0.29, 0.717) is 0 Å². The number of furan rings is 1. The first-order chi connectivity index (χ1) is 9.13. The molecule has 0 unspecified atom stereocenters.